The van der Waals surface area contributed by atoms with Gasteiger partial charge in [-0.05, 0) is 19.9 Å². The minimum Gasteiger partial charge on any atom is -0.434 e. The van der Waals surface area contributed by atoms with Gasteiger partial charge in [0.15, 0.2) is 5.75 Å². The molecular weight excluding hydrogens is 254 g/mol. The van der Waals surface area contributed by atoms with E-state index in [1.807, 2.05) is 23.0 Å². The highest BCUT2D eigenvalue weighted by molar-refractivity contribution is 5.21. The minimum absolute atomic E-state index is 0.308. The third kappa shape index (κ3) is 4.03. The molecule has 0 bridgehead atoms. The Labute approximate surface area is 119 Å². The Kier molecular flexibility index (Phi) is 4.68. The molecule has 6 heteroatoms. The third-order valence-electron chi connectivity index (χ3n) is 2.72. The second-order valence-electron chi connectivity index (χ2n) is 5.25. The van der Waals surface area contributed by atoms with Crippen molar-refractivity contribution in [3.63, 3.8) is 0 Å². The van der Waals surface area contributed by atoms with Crippen LogP contribution in [-0.4, -0.2) is 26.0 Å². The van der Waals surface area contributed by atoms with Gasteiger partial charge in [0, 0.05) is 24.7 Å². The van der Waals surface area contributed by atoms with E-state index in [1.165, 1.54) is 0 Å². The van der Waals surface area contributed by atoms with Crippen LogP contribution in [0.25, 0.3) is 0 Å². The lowest BCUT2D eigenvalue weighted by molar-refractivity contribution is 0.449. The van der Waals surface area contributed by atoms with Crippen LogP contribution in [0.1, 0.15) is 39.4 Å². The van der Waals surface area contributed by atoms with Crippen molar-refractivity contribution in [3.05, 3.63) is 30.2 Å². The van der Waals surface area contributed by atoms with E-state index in [0.717, 1.165) is 5.69 Å². The molecule has 108 valence electrons. The van der Waals surface area contributed by atoms with Gasteiger partial charge in [-0.1, -0.05) is 13.8 Å². The number of ether oxygens (including phenoxy) is 1. The minimum atomic E-state index is 0.308. The van der Waals surface area contributed by atoms with Gasteiger partial charge in [0.2, 0.25) is 5.88 Å². The second-order valence-corrected chi connectivity index (χ2v) is 5.25. The Balaban J connectivity index is 1.95. The van der Waals surface area contributed by atoms with Gasteiger partial charge in [0.05, 0.1) is 18.1 Å². The lowest BCUT2D eigenvalue weighted by atomic mass is 10.3. The topological polar surface area (TPSA) is 64.9 Å². The summed E-state index contributed by atoms with van der Waals surface area (Å²) in [5.74, 6) is 1.14. The van der Waals surface area contributed by atoms with Crippen LogP contribution in [0.2, 0.25) is 0 Å². The van der Waals surface area contributed by atoms with E-state index in [0.29, 0.717) is 30.3 Å². The quantitative estimate of drug-likeness (QED) is 0.877. The summed E-state index contributed by atoms with van der Waals surface area (Å²) < 4.78 is 7.45. The number of nitrogens with one attached hydrogen (secondary N) is 1. The molecule has 0 aromatic carbocycles. The molecule has 0 aliphatic rings. The fourth-order valence-electron chi connectivity index (χ4n) is 1.58. The lowest BCUT2D eigenvalue weighted by Gasteiger charge is -2.07. The standard InChI is InChI=1S/C14H21N5O/c1-10(2)15-7-12-5-6-14(18-17-12)20-13-8-16-19(9-13)11(3)4/h5-6,8-11,15H,7H2,1-4H3. The smallest absolute Gasteiger partial charge is 0.239 e. The fourth-order valence-corrected chi connectivity index (χ4v) is 1.58. The molecular formula is C14H21N5O. The summed E-state index contributed by atoms with van der Waals surface area (Å²) in [6, 6.07) is 4.46. The van der Waals surface area contributed by atoms with Gasteiger partial charge in [0.1, 0.15) is 0 Å². The first-order valence-corrected chi connectivity index (χ1v) is 6.82. The molecule has 2 aromatic rings. The molecule has 0 amide bonds. The van der Waals surface area contributed by atoms with Crippen LogP contribution < -0.4 is 10.1 Å². The highest BCUT2D eigenvalue weighted by Gasteiger charge is 2.05. The number of nitrogens with zero attached hydrogens (tertiary/aromatic N) is 4. The van der Waals surface area contributed by atoms with Gasteiger partial charge in [-0.15, -0.1) is 5.10 Å². The van der Waals surface area contributed by atoms with Gasteiger partial charge in [-0.25, -0.2) is 0 Å². The molecule has 6 nitrogen and oxygen atoms in total. The predicted molar refractivity (Wildman–Crippen MR) is 76.7 cm³/mol. The Morgan fingerprint density at radius 1 is 1.20 bits per heavy atom. The molecule has 0 unspecified atom stereocenters. The number of hydrogen-bond donors (Lipinski definition) is 1. The molecule has 2 aromatic heterocycles. The van der Waals surface area contributed by atoms with Crippen LogP contribution in [0.3, 0.4) is 0 Å². The van der Waals surface area contributed by atoms with Crippen LogP contribution >= 0.6 is 0 Å². The Morgan fingerprint density at radius 2 is 2.00 bits per heavy atom. The molecule has 0 atom stereocenters. The molecule has 0 saturated carbocycles. The van der Waals surface area contributed by atoms with Crippen LogP contribution in [0.15, 0.2) is 24.5 Å². The fraction of sp³-hybridized carbons (Fsp3) is 0.500. The molecule has 0 saturated heterocycles. The summed E-state index contributed by atoms with van der Waals surface area (Å²) in [6.45, 7) is 9.02. The SMILES string of the molecule is CC(C)NCc1ccc(Oc2cnn(C(C)C)c2)nn1. The third-order valence-corrected chi connectivity index (χ3v) is 2.72. The largest absolute Gasteiger partial charge is 0.434 e. The zero-order chi connectivity index (χ0) is 14.5. The van der Waals surface area contributed by atoms with E-state index < -0.39 is 0 Å². The van der Waals surface area contributed by atoms with Gasteiger partial charge in [0.25, 0.3) is 0 Å². The van der Waals surface area contributed by atoms with E-state index in [1.54, 1.807) is 6.20 Å². The first-order chi connectivity index (χ1) is 9.54. The van der Waals surface area contributed by atoms with Crippen molar-refractivity contribution < 1.29 is 4.74 Å². The molecule has 20 heavy (non-hydrogen) atoms. The van der Waals surface area contributed by atoms with Crippen LogP contribution in [0.4, 0.5) is 0 Å². The zero-order valence-corrected chi connectivity index (χ0v) is 12.4. The highest BCUT2D eigenvalue weighted by Crippen LogP contribution is 2.19. The summed E-state index contributed by atoms with van der Waals surface area (Å²) in [5.41, 5.74) is 0.893. The molecule has 0 radical (unpaired) electrons. The normalized spacial score (nSPS) is 11.3. The molecule has 2 heterocycles. The molecule has 2 rings (SSSR count). The van der Waals surface area contributed by atoms with E-state index >= 15 is 0 Å². The predicted octanol–water partition coefficient (Wildman–Crippen LogP) is 2.54. The maximum atomic E-state index is 5.61. The van der Waals surface area contributed by atoms with Crippen molar-refractivity contribution in [2.45, 2.75) is 46.3 Å². The first kappa shape index (κ1) is 14.5. The van der Waals surface area contributed by atoms with Crippen molar-refractivity contribution in [1.29, 1.82) is 0 Å². The lowest BCUT2D eigenvalue weighted by Crippen LogP contribution is -2.22. The van der Waals surface area contributed by atoms with Crippen molar-refractivity contribution in [2.75, 3.05) is 0 Å². The van der Waals surface area contributed by atoms with Gasteiger partial charge < -0.3 is 10.1 Å². The van der Waals surface area contributed by atoms with E-state index in [9.17, 15) is 0 Å². The summed E-state index contributed by atoms with van der Waals surface area (Å²) >= 11 is 0. The Bertz CT molecular complexity index is 533. The summed E-state index contributed by atoms with van der Waals surface area (Å²) in [6.07, 6.45) is 3.52. The first-order valence-electron chi connectivity index (χ1n) is 6.82. The molecule has 0 aliphatic heterocycles. The number of rotatable bonds is 6. The summed E-state index contributed by atoms with van der Waals surface area (Å²) in [5, 5.41) is 15.7. The summed E-state index contributed by atoms with van der Waals surface area (Å²) in [7, 11) is 0. The van der Waals surface area contributed by atoms with Crippen molar-refractivity contribution >= 4 is 0 Å². The van der Waals surface area contributed by atoms with Gasteiger partial charge in [-0.3, -0.25) is 4.68 Å². The highest BCUT2D eigenvalue weighted by atomic mass is 16.5. The van der Waals surface area contributed by atoms with Crippen LogP contribution in [0.5, 0.6) is 11.6 Å². The average Bonchev–Trinajstić information content (AvgIpc) is 2.86. The average molecular weight is 275 g/mol. The second kappa shape index (κ2) is 6.47. The monoisotopic (exact) mass is 275 g/mol. The van der Waals surface area contributed by atoms with Crippen LogP contribution in [0, 0.1) is 0 Å². The summed E-state index contributed by atoms with van der Waals surface area (Å²) in [4.78, 5) is 0. The van der Waals surface area contributed by atoms with Crippen molar-refractivity contribution in [3.8, 4) is 11.6 Å². The molecule has 0 aliphatic carbocycles. The number of aromatic nitrogens is 4. The van der Waals surface area contributed by atoms with Crippen molar-refractivity contribution in [1.82, 2.24) is 25.3 Å². The number of hydrogen-bond acceptors (Lipinski definition) is 5. The molecule has 0 spiro atoms. The molecule has 0 fully saturated rings. The van der Waals surface area contributed by atoms with E-state index in [4.69, 9.17) is 4.74 Å². The van der Waals surface area contributed by atoms with E-state index in [-0.39, 0.29) is 0 Å². The molecule has 1 N–H and O–H groups in total. The maximum Gasteiger partial charge on any atom is 0.239 e. The Morgan fingerprint density at radius 3 is 2.55 bits per heavy atom. The van der Waals surface area contributed by atoms with Gasteiger partial charge >= 0.3 is 0 Å². The zero-order valence-electron chi connectivity index (χ0n) is 12.4. The maximum absolute atomic E-state index is 5.61. The van der Waals surface area contributed by atoms with Crippen LogP contribution in [-0.2, 0) is 6.54 Å². The van der Waals surface area contributed by atoms with E-state index in [2.05, 4.69) is 48.3 Å². The van der Waals surface area contributed by atoms with Gasteiger partial charge in [-0.2, -0.15) is 10.2 Å². The Hall–Kier alpha value is -1.95. The van der Waals surface area contributed by atoms with Crippen molar-refractivity contribution in [2.24, 2.45) is 0 Å².